The third-order valence-electron chi connectivity index (χ3n) is 6.46. The Labute approximate surface area is 205 Å². The molecule has 4 N–H and O–H groups in total. The molecule has 0 aliphatic heterocycles. The summed E-state index contributed by atoms with van der Waals surface area (Å²) in [5.74, 6) is 0.801. The maximum Gasteiger partial charge on any atom is 0.166 e. The molecule has 1 saturated carbocycles. The van der Waals surface area contributed by atoms with E-state index in [9.17, 15) is 9.90 Å². The summed E-state index contributed by atoms with van der Waals surface area (Å²) in [5, 5.41) is 14.8. The molecule has 1 aliphatic rings. The highest BCUT2D eigenvalue weighted by Gasteiger charge is 2.23. The number of pyridine rings is 1. The Morgan fingerprint density at radius 2 is 1.97 bits per heavy atom. The number of halogens is 1. The zero-order chi connectivity index (χ0) is 24.4. The normalized spacial score (nSPS) is 18.3. The highest BCUT2D eigenvalue weighted by atomic mass is 35.5. The molecule has 1 heterocycles. The van der Waals surface area contributed by atoms with Gasteiger partial charge in [0.25, 0.3) is 0 Å². The number of aromatic hydroxyl groups is 1. The fourth-order valence-electron chi connectivity index (χ4n) is 4.61. The monoisotopic (exact) mass is 481 g/mol. The van der Waals surface area contributed by atoms with E-state index in [2.05, 4.69) is 10.3 Å². The first kappa shape index (κ1) is 24.3. The minimum absolute atomic E-state index is 0.0378. The summed E-state index contributed by atoms with van der Waals surface area (Å²) in [6.45, 7) is 4.09. The summed E-state index contributed by atoms with van der Waals surface area (Å²) in [4.78, 5) is 17.8. The number of phenolic OH excluding ortho intramolecular Hbond substituents is 1. The van der Waals surface area contributed by atoms with Gasteiger partial charge in [-0.2, -0.15) is 0 Å². The second-order valence-corrected chi connectivity index (χ2v) is 9.97. The number of aromatic nitrogens is 1. The fraction of sp³-hybridized carbons (Fsp3) is 0.407. The minimum atomic E-state index is -0.0378. The van der Waals surface area contributed by atoms with E-state index in [0.29, 0.717) is 17.7 Å². The van der Waals surface area contributed by atoms with E-state index in [4.69, 9.17) is 22.1 Å². The van der Waals surface area contributed by atoms with Crippen molar-refractivity contribution < 1.29 is 14.6 Å². The number of fused-ring (bicyclic) bond motifs is 1. The van der Waals surface area contributed by atoms with Crippen LogP contribution in [-0.2, 0) is 0 Å². The van der Waals surface area contributed by atoms with Gasteiger partial charge in [0.15, 0.2) is 5.78 Å². The van der Waals surface area contributed by atoms with Crippen LogP contribution in [0.2, 0.25) is 5.02 Å². The van der Waals surface area contributed by atoms with Crippen LogP contribution in [0.1, 0.15) is 56.3 Å². The molecule has 1 aromatic heterocycles. The van der Waals surface area contributed by atoms with E-state index in [-0.39, 0.29) is 34.6 Å². The van der Waals surface area contributed by atoms with Crippen LogP contribution in [-0.4, -0.2) is 35.1 Å². The van der Waals surface area contributed by atoms with Crippen LogP contribution >= 0.6 is 11.6 Å². The van der Waals surface area contributed by atoms with Gasteiger partial charge >= 0.3 is 0 Å². The van der Waals surface area contributed by atoms with Gasteiger partial charge in [-0.05, 0) is 55.4 Å². The molecule has 180 valence electrons. The van der Waals surface area contributed by atoms with E-state index >= 15 is 0 Å². The number of hydrogen-bond donors (Lipinski definition) is 3. The summed E-state index contributed by atoms with van der Waals surface area (Å²) in [6, 6.07) is 9.57. The molecule has 7 heteroatoms. The van der Waals surface area contributed by atoms with Crippen LogP contribution in [0, 0.1) is 5.92 Å². The van der Waals surface area contributed by atoms with Gasteiger partial charge in [-0.1, -0.05) is 31.5 Å². The second-order valence-electron chi connectivity index (χ2n) is 9.56. The molecule has 6 nitrogen and oxygen atoms in total. The van der Waals surface area contributed by atoms with Crippen molar-refractivity contribution in [1.82, 2.24) is 4.98 Å². The summed E-state index contributed by atoms with van der Waals surface area (Å²) < 4.78 is 5.50. The van der Waals surface area contributed by atoms with E-state index < -0.39 is 0 Å². The third kappa shape index (κ3) is 5.13. The zero-order valence-corrected chi connectivity index (χ0v) is 20.7. The molecule has 0 amide bonds. The van der Waals surface area contributed by atoms with Crippen molar-refractivity contribution in [2.45, 2.75) is 58.0 Å². The van der Waals surface area contributed by atoms with Crippen molar-refractivity contribution in [2.75, 3.05) is 12.4 Å². The Morgan fingerprint density at radius 3 is 2.65 bits per heavy atom. The Morgan fingerprint density at radius 1 is 1.24 bits per heavy atom. The number of carbonyl (C=O) groups is 1. The van der Waals surface area contributed by atoms with Crippen LogP contribution in [0.5, 0.6) is 11.5 Å². The molecule has 0 saturated heterocycles. The van der Waals surface area contributed by atoms with Gasteiger partial charge in [0.1, 0.15) is 11.5 Å². The number of phenols is 1. The number of ketones is 1. The molecule has 0 spiro atoms. The Kier molecular flexibility index (Phi) is 7.29. The van der Waals surface area contributed by atoms with Crippen molar-refractivity contribution in [3.05, 3.63) is 47.1 Å². The molecule has 0 bridgehead atoms. The van der Waals surface area contributed by atoms with Crippen molar-refractivity contribution in [3.63, 3.8) is 0 Å². The van der Waals surface area contributed by atoms with Crippen LogP contribution in [0.15, 0.2) is 36.5 Å². The molecular weight excluding hydrogens is 450 g/mol. The number of Topliss-reactive ketones (excluding diaryl/α,β-unsaturated/α-hetero) is 1. The van der Waals surface area contributed by atoms with E-state index in [0.717, 1.165) is 53.4 Å². The van der Waals surface area contributed by atoms with Crippen LogP contribution < -0.4 is 15.8 Å². The lowest BCUT2D eigenvalue weighted by atomic mass is 9.90. The van der Waals surface area contributed by atoms with Crippen molar-refractivity contribution in [1.29, 1.82) is 0 Å². The number of anilines is 1. The van der Waals surface area contributed by atoms with Crippen LogP contribution in [0.4, 0.5) is 5.69 Å². The number of benzene rings is 2. The number of carbonyl (C=O) groups excluding carboxylic acids is 1. The second kappa shape index (κ2) is 10.2. The lowest BCUT2D eigenvalue weighted by molar-refractivity contribution is 0.0968. The number of methoxy groups -OCH3 is 1. The average Bonchev–Trinajstić information content (AvgIpc) is 2.81. The number of ether oxygens (including phenoxy) is 1. The summed E-state index contributed by atoms with van der Waals surface area (Å²) in [5.41, 5.74) is 9.95. The summed E-state index contributed by atoms with van der Waals surface area (Å²) >= 11 is 6.21. The average molecular weight is 482 g/mol. The third-order valence-corrected chi connectivity index (χ3v) is 6.76. The summed E-state index contributed by atoms with van der Waals surface area (Å²) in [7, 11) is 1.55. The topological polar surface area (TPSA) is 97.5 Å². The highest BCUT2D eigenvalue weighted by Crippen LogP contribution is 2.40. The molecule has 3 aromatic rings. The molecule has 4 rings (SSSR count). The lowest BCUT2D eigenvalue weighted by Gasteiger charge is -2.29. The van der Waals surface area contributed by atoms with Gasteiger partial charge in [-0.15, -0.1) is 0 Å². The number of rotatable bonds is 7. The molecular formula is C27H32ClN3O3. The number of nitrogens with one attached hydrogen (secondary N) is 1. The predicted octanol–water partition coefficient (Wildman–Crippen LogP) is 6.18. The molecule has 2 aromatic carbocycles. The Balaban J connectivity index is 1.85. The van der Waals surface area contributed by atoms with Crippen LogP contribution in [0.25, 0.3) is 22.0 Å². The van der Waals surface area contributed by atoms with Gasteiger partial charge in [-0.3, -0.25) is 9.78 Å². The van der Waals surface area contributed by atoms with Gasteiger partial charge in [0.2, 0.25) is 0 Å². The van der Waals surface area contributed by atoms with Gasteiger partial charge in [0.05, 0.1) is 28.9 Å². The smallest absolute Gasteiger partial charge is 0.166 e. The lowest BCUT2D eigenvalue weighted by Crippen LogP contribution is -2.33. The SMILES string of the molecule is COc1cc(O)c(Cl)cc1-c1ccc2ncc(C(=O)CC(C)C)c(NC3CCC(N)CC3)c2c1. The van der Waals surface area contributed by atoms with Crippen LogP contribution in [0.3, 0.4) is 0 Å². The predicted molar refractivity (Wildman–Crippen MR) is 138 cm³/mol. The zero-order valence-electron chi connectivity index (χ0n) is 19.9. The number of nitrogens with two attached hydrogens (primary N) is 1. The minimum Gasteiger partial charge on any atom is -0.506 e. The van der Waals surface area contributed by atoms with E-state index in [1.807, 2.05) is 32.0 Å². The largest absolute Gasteiger partial charge is 0.506 e. The maximum absolute atomic E-state index is 13.2. The standard InChI is InChI=1S/C27H32ClN3O3/c1-15(2)10-24(32)21-14-30-23-9-4-16(19-12-22(28)25(33)13-26(19)34-3)11-20(23)27(21)31-18-7-5-17(29)6-8-18/h4,9,11-15,17-18,33H,5-8,10,29H2,1-3H3,(H,30,31). The van der Waals surface area contributed by atoms with E-state index in [1.54, 1.807) is 19.4 Å². The van der Waals surface area contributed by atoms with Crippen molar-refractivity contribution >= 4 is 34.0 Å². The Bertz CT molecular complexity index is 1200. The number of hydrogen-bond acceptors (Lipinski definition) is 6. The van der Waals surface area contributed by atoms with E-state index in [1.165, 1.54) is 6.07 Å². The molecule has 1 fully saturated rings. The fourth-order valence-corrected chi connectivity index (χ4v) is 4.78. The molecule has 1 aliphatic carbocycles. The first-order valence-corrected chi connectivity index (χ1v) is 12.2. The Hall–Kier alpha value is -2.83. The first-order valence-electron chi connectivity index (χ1n) is 11.8. The maximum atomic E-state index is 13.2. The number of nitrogens with zero attached hydrogens (tertiary/aromatic N) is 1. The van der Waals surface area contributed by atoms with Gasteiger partial charge in [0, 0.05) is 41.7 Å². The highest BCUT2D eigenvalue weighted by molar-refractivity contribution is 6.32. The molecule has 0 radical (unpaired) electrons. The summed E-state index contributed by atoms with van der Waals surface area (Å²) in [6.07, 6.45) is 6.00. The van der Waals surface area contributed by atoms with Crippen molar-refractivity contribution in [2.24, 2.45) is 11.7 Å². The first-order chi connectivity index (χ1) is 16.3. The van der Waals surface area contributed by atoms with Crippen molar-refractivity contribution in [3.8, 4) is 22.6 Å². The molecule has 34 heavy (non-hydrogen) atoms. The quantitative estimate of drug-likeness (QED) is 0.348. The van der Waals surface area contributed by atoms with Gasteiger partial charge in [-0.25, -0.2) is 0 Å². The van der Waals surface area contributed by atoms with Gasteiger partial charge < -0.3 is 20.9 Å². The molecule has 0 atom stereocenters. The molecule has 0 unspecified atom stereocenters.